The van der Waals surface area contributed by atoms with Crippen molar-refractivity contribution >= 4 is 28.7 Å². The second-order valence-corrected chi connectivity index (χ2v) is 7.65. The van der Waals surface area contributed by atoms with Gasteiger partial charge in [-0.1, -0.05) is 18.2 Å². The molecule has 17 nitrogen and oxygen atoms in total. The molecule has 0 N–H and O–H groups in total. The Morgan fingerprint density at radius 2 is 1.14 bits per heavy atom. The number of nitro groups is 4. The third-order valence-corrected chi connectivity index (χ3v) is 5.87. The lowest BCUT2D eigenvalue weighted by molar-refractivity contribution is -0.418. The highest BCUT2D eigenvalue weighted by molar-refractivity contribution is 5.98. The zero-order valence-corrected chi connectivity index (χ0v) is 17.6. The number of esters is 1. The Morgan fingerprint density at radius 3 is 1.57 bits per heavy atom. The fourth-order valence-electron chi connectivity index (χ4n) is 4.44. The van der Waals surface area contributed by atoms with Crippen LogP contribution in [0, 0.1) is 40.5 Å². The summed E-state index contributed by atoms with van der Waals surface area (Å²) in [5.74, 6) is -6.74. The van der Waals surface area contributed by atoms with Crippen LogP contribution in [0.15, 0.2) is 36.4 Å². The van der Waals surface area contributed by atoms with Crippen LogP contribution < -0.4 is 14.9 Å². The summed E-state index contributed by atoms with van der Waals surface area (Å²) < 4.78 is 10.8. The van der Waals surface area contributed by atoms with E-state index in [1.54, 1.807) is 0 Å². The van der Waals surface area contributed by atoms with Crippen LogP contribution in [0.2, 0.25) is 0 Å². The third kappa shape index (κ3) is 2.81. The molecule has 0 fully saturated rings. The third-order valence-electron chi connectivity index (χ3n) is 5.87. The highest BCUT2D eigenvalue weighted by Gasteiger charge is 2.58. The van der Waals surface area contributed by atoms with Crippen LogP contribution in [0.25, 0.3) is 0 Å². The summed E-state index contributed by atoms with van der Waals surface area (Å²) in [6.45, 7) is 0. The zero-order chi connectivity index (χ0) is 27.0. The SMILES string of the molecule is O=C1OC2(c3ccccc31)c1cc([N+](=O)[O-])c([O-])c([N+](=O)[O-])c1Oc1c2cc([N+](=O)[O-])c([O-])c1[N+](=O)[O-]. The molecule has 2 aliphatic rings. The maximum absolute atomic E-state index is 12.8. The van der Waals surface area contributed by atoms with Crippen LogP contribution in [0.1, 0.15) is 27.0 Å². The number of rotatable bonds is 4. The lowest BCUT2D eigenvalue weighted by Crippen LogP contribution is -2.34. The highest BCUT2D eigenvalue weighted by atomic mass is 16.6. The van der Waals surface area contributed by atoms with Gasteiger partial charge in [-0.25, -0.2) is 4.79 Å². The summed E-state index contributed by atoms with van der Waals surface area (Å²) in [4.78, 5) is 54.5. The van der Waals surface area contributed by atoms with E-state index in [0.29, 0.717) is 12.1 Å². The van der Waals surface area contributed by atoms with Crippen molar-refractivity contribution in [2.45, 2.75) is 5.60 Å². The Labute approximate surface area is 201 Å². The van der Waals surface area contributed by atoms with Crippen molar-refractivity contribution in [1.29, 1.82) is 0 Å². The molecule has 0 saturated carbocycles. The average Bonchev–Trinajstić information content (AvgIpc) is 3.10. The monoisotopic (exact) mass is 510 g/mol. The Morgan fingerprint density at radius 1 is 0.676 bits per heavy atom. The Balaban J connectivity index is 2.06. The summed E-state index contributed by atoms with van der Waals surface area (Å²) in [7, 11) is 0. The number of fused-ring (bicyclic) bond motifs is 6. The maximum atomic E-state index is 12.8. The summed E-state index contributed by atoms with van der Waals surface area (Å²) in [6.07, 6.45) is 0. The standard InChI is InChI=1S/C20H8N4O13/c25-15-11(21(28)29)5-9-17(13(15)23(32)33)36-18-10(6-12(22(30)31)16(26)14(18)24(34)35)20(9)8-4-2-1-3-7(8)19(27)37-20/h1-6,25-26H/p-2. The first kappa shape index (κ1) is 22.9. The van der Waals surface area contributed by atoms with E-state index in [0.717, 1.165) is 0 Å². The van der Waals surface area contributed by atoms with E-state index in [4.69, 9.17) is 9.47 Å². The lowest BCUT2D eigenvalue weighted by Gasteiger charge is -2.36. The first-order valence-corrected chi connectivity index (χ1v) is 9.77. The second-order valence-electron chi connectivity index (χ2n) is 7.65. The van der Waals surface area contributed by atoms with Crippen LogP contribution in [0.4, 0.5) is 22.7 Å². The molecule has 0 atom stereocenters. The fraction of sp³-hybridized carbons (Fsp3) is 0.0500. The van der Waals surface area contributed by atoms with E-state index in [1.165, 1.54) is 24.3 Å². The van der Waals surface area contributed by atoms with Crippen molar-refractivity contribution in [3.05, 3.63) is 99.1 Å². The van der Waals surface area contributed by atoms with Gasteiger partial charge in [-0.2, -0.15) is 0 Å². The van der Waals surface area contributed by atoms with Gasteiger partial charge in [0.15, 0.2) is 5.60 Å². The normalized spacial score (nSPS) is 14.1. The van der Waals surface area contributed by atoms with Crippen LogP contribution in [-0.4, -0.2) is 25.7 Å². The Bertz CT molecular complexity index is 1560. The van der Waals surface area contributed by atoms with Gasteiger partial charge in [0.2, 0.25) is 11.5 Å². The predicted molar refractivity (Wildman–Crippen MR) is 110 cm³/mol. The van der Waals surface area contributed by atoms with Gasteiger partial charge in [-0.05, 0) is 6.07 Å². The van der Waals surface area contributed by atoms with E-state index in [-0.39, 0.29) is 11.1 Å². The van der Waals surface area contributed by atoms with E-state index in [2.05, 4.69) is 0 Å². The minimum absolute atomic E-state index is 0.185. The second kappa shape index (κ2) is 7.31. The minimum atomic E-state index is -2.54. The van der Waals surface area contributed by atoms with Crippen molar-refractivity contribution in [3.63, 3.8) is 0 Å². The average molecular weight is 510 g/mol. The van der Waals surface area contributed by atoms with Crippen LogP contribution in [0.3, 0.4) is 0 Å². The fourth-order valence-corrected chi connectivity index (χ4v) is 4.44. The molecule has 0 aromatic heterocycles. The van der Waals surface area contributed by atoms with Gasteiger partial charge >= 0.3 is 17.3 Å². The molecule has 2 heterocycles. The number of hydrogen-bond acceptors (Lipinski definition) is 13. The number of nitro benzene ring substituents is 4. The van der Waals surface area contributed by atoms with Crippen molar-refractivity contribution in [2.75, 3.05) is 0 Å². The molecule has 37 heavy (non-hydrogen) atoms. The van der Waals surface area contributed by atoms with Crippen LogP contribution in [0.5, 0.6) is 23.0 Å². The van der Waals surface area contributed by atoms with Gasteiger partial charge < -0.3 is 19.7 Å². The minimum Gasteiger partial charge on any atom is -0.863 e. The van der Waals surface area contributed by atoms with Gasteiger partial charge in [-0.3, -0.25) is 40.5 Å². The van der Waals surface area contributed by atoms with Crippen LogP contribution in [-0.2, 0) is 10.3 Å². The number of carbonyl (C=O) groups is 1. The first-order chi connectivity index (χ1) is 17.4. The smallest absolute Gasteiger partial charge is 0.340 e. The molecule has 3 aromatic rings. The number of ether oxygens (including phenoxy) is 2. The molecule has 17 heteroatoms. The molecular weight excluding hydrogens is 504 g/mol. The molecule has 0 amide bonds. The highest BCUT2D eigenvalue weighted by Crippen LogP contribution is 2.63. The molecule has 186 valence electrons. The van der Waals surface area contributed by atoms with Gasteiger partial charge in [0, 0.05) is 17.7 Å². The number of nitrogens with zero attached hydrogens (tertiary/aromatic N) is 4. The molecule has 0 radical (unpaired) electrons. The lowest BCUT2D eigenvalue weighted by atomic mass is 9.76. The Kier molecular flexibility index (Phi) is 4.53. The van der Waals surface area contributed by atoms with Gasteiger partial charge in [0.1, 0.15) is 0 Å². The largest absolute Gasteiger partial charge is 0.863 e. The predicted octanol–water partition coefficient (Wildman–Crippen LogP) is 2.03. The molecule has 5 rings (SSSR count). The first-order valence-electron chi connectivity index (χ1n) is 9.77. The quantitative estimate of drug-likeness (QED) is 0.277. The van der Waals surface area contributed by atoms with Crippen LogP contribution >= 0.6 is 0 Å². The topological polar surface area (TPSA) is 254 Å². The van der Waals surface area contributed by atoms with E-state index in [9.17, 15) is 55.5 Å². The molecule has 1 spiro atoms. The molecule has 0 aliphatic carbocycles. The summed E-state index contributed by atoms with van der Waals surface area (Å²) >= 11 is 0. The number of carbonyl (C=O) groups excluding carboxylic acids is 1. The molecule has 0 saturated heterocycles. The number of hydrogen-bond donors (Lipinski definition) is 0. The summed E-state index contributed by atoms with van der Waals surface area (Å²) in [5, 5.41) is 72.1. The zero-order valence-electron chi connectivity index (χ0n) is 17.6. The number of benzene rings is 3. The van der Waals surface area contributed by atoms with Gasteiger partial charge in [-0.15, -0.1) is 0 Å². The van der Waals surface area contributed by atoms with E-state index in [1.807, 2.05) is 0 Å². The van der Waals surface area contributed by atoms with Crippen molar-refractivity contribution in [3.8, 4) is 23.0 Å². The molecule has 0 bridgehead atoms. The van der Waals surface area contributed by atoms with E-state index < -0.39 is 88.1 Å². The molecular formula is C20H6N4O13-2. The summed E-state index contributed by atoms with van der Waals surface area (Å²) in [6, 6.07) is 6.24. The molecule has 3 aromatic carbocycles. The van der Waals surface area contributed by atoms with E-state index >= 15 is 0 Å². The van der Waals surface area contributed by atoms with Crippen molar-refractivity contribution in [2.24, 2.45) is 0 Å². The van der Waals surface area contributed by atoms with Gasteiger partial charge in [0.25, 0.3) is 11.4 Å². The van der Waals surface area contributed by atoms with Crippen molar-refractivity contribution in [1.82, 2.24) is 0 Å². The maximum Gasteiger partial charge on any atom is 0.340 e. The molecule has 0 unspecified atom stereocenters. The molecule has 2 aliphatic heterocycles. The van der Waals surface area contributed by atoms with Gasteiger partial charge in [0.05, 0.1) is 47.9 Å². The van der Waals surface area contributed by atoms with Crippen molar-refractivity contribution < 1.29 is 44.2 Å². The summed E-state index contributed by atoms with van der Waals surface area (Å²) in [5.41, 5.74) is -10.0. The Hall–Kier alpha value is -5.87.